The highest BCUT2D eigenvalue weighted by Crippen LogP contribution is 2.14. The van der Waals surface area contributed by atoms with Crippen molar-refractivity contribution in [1.29, 1.82) is 5.26 Å². The number of fused-ring (bicyclic) bond motifs is 1. The van der Waals surface area contributed by atoms with Crippen LogP contribution in [0.3, 0.4) is 0 Å². The highest BCUT2D eigenvalue weighted by molar-refractivity contribution is 5.98. The molecule has 0 fully saturated rings. The number of carbonyl (C=O) groups excluding carboxylic acids is 1. The summed E-state index contributed by atoms with van der Waals surface area (Å²) in [6.07, 6.45) is 1.85. The van der Waals surface area contributed by atoms with Gasteiger partial charge in [-0.3, -0.25) is 4.79 Å². The molecule has 0 aliphatic heterocycles. The molecule has 3 aromatic rings. The van der Waals surface area contributed by atoms with Crippen LogP contribution in [0.25, 0.3) is 10.9 Å². The molecule has 1 amide bonds. The van der Waals surface area contributed by atoms with E-state index in [-0.39, 0.29) is 5.91 Å². The lowest BCUT2D eigenvalue weighted by Crippen LogP contribution is -2.22. The Labute approximate surface area is 122 Å². The molecule has 0 spiro atoms. The second kappa shape index (κ2) is 5.51. The van der Waals surface area contributed by atoms with E-state index in [1.54, 1.807) is 18.2 Å². The van der Waals surface area contributed by atoms with Gasteiger partial charge in [0.1, 0.15) is 0 Å². The summed E-state index contributed by atoms with van der Waals surface area (Å²) >= 11 is 0. The Kier molecular flexibility index (Phi) is 3.40. The second-order valence-electron chi connectivity index (χ2n) is 4.77. The third-order valence-corrected chi connectivity index (χ3v) is 3.32. The third-order valence-electron chi connectivity index (χ3n) is 3.32. The van der Waals surface area contributed by atoms with Crippen LogP contribution in [0.5, 0.6) is 0 Å². The number of carbonyl (C=O) groups is 1. The lowest BCUT2D eigenvalue weighted by atomic mass is 10.1. The summed E-state index contributed by atoms with van der Waals surface area (Å²) in [7, 11) is 0. The van der Waals surface area contributed by atoms with Crippen LogP contribution in [-0.2, 0) is 6.54 Å². The molecule has 0 aliphatic rings. The Bertz CT molecular complexity index is 842. The molecule has 2 N–H and O–H groups in total. The van der Waals surface area contributed by atoms with Gasteiger partial charge in [0.25, 0.3) is 5.91 Å². The minimum absolute atomic E-state index is 0.125. The minimum Gasteiger partial charge on any atom is -0.361 e. The number of H-pyrrole nitrogens is 1. The molecule has 0 radical (unpaired) electrons. The lowest BCUT2D eigenvalue weighted by molar-refractivity contribution is 0.0951. The van der Waals surface area contributed by atoms with E-state index in [1.807, 2.05) is 36.5 Å². The van der Waals surface area contributed by atoms with Gasteiger partial charge in [-0.15, -0.1) is 0 Å². The largest absolute Gasteiger partial charge is 0.361 e. The van der Waals surface area contributed by atoms with E-state index in [0.29, 0.717) is 17.7 Å². The van der Waals surface area contributed by atoms with Crippen molar-refractivity contribution in [3.05, 3.63) is 71.4 Å². The molecular weight excluding hydrogens is 262 g/mol. The molecule has 1 heterocycles. The first kappa shape index (κ1) is 12.9. The molecule has 0 atom stereocenters. The van der Waals surface area contributed by atoms with E-state index < -0.39 is 0 Å². The molecule has 0 aliphatic carbocycles. The Morgan fingerprint density at radius 2 is 2.10 bits per heavy atom. The number of aromatic nitrogens is 1. The molecule has 1 aromatic heterocycles. The maximum absolute atomic E-state index is 12.2. The van der Waals surface area contributed by atoms with Crippen LogP contribution in [0.4, 0.5) is 0 Å². The molecule has 21 heavy (non-hydrogen) atoms. The highest BCUT2D eigenvalue weighted by atomic mass is 16.1. The Morgan fingerprint density at radius 3 is 2.95 bits per heavy atom. The van der Waals surface area contributed by atoms with E-state index in [1.165, 1.54) is 0 Å². The molecule has 0 bridgehead atoms. The number of nitrogens with zero attached hydrogens (tertiary/aromatic N) is 1. The van der Waals surface area contributed by atoms with Gasteiger partial charge in [-0.1, -0.05) is 12.1 Å². The zero-order valence-electron chi connectivity index (χ0n) is 11.3. The molecule has 4 nitrogen and oxygen atoms in total. The first-order valence-corrected chi connectivity index (χ1v) is 6.60. The Balaban J connectivity index is 1.72. The maximum atomic E-state index is 12.2. The summed E-state index contributed by atoms with van der Waals surface area (Å²) < 4.78 is 0. The van der Waals surface area contributed by atoms with Crippen molar-refractivity contribution < 1.29 is 4.79 Å². The molecule has 102 valence electrons. The van der Waals surface area contributed by atoms with Crippen LogP contribution in [0.1, 0.15) is 21.5 Å². The number of hydrogen-bond donors (Lipinski definition) is 2. The maximum Gasteiger partial charge on any atom is 0.251 e. The van der Waals surface area contributed by atoms with Crippen LogP contribution < -0.4 is 5.32 Å². The minimum atomic E-state index is -0.125. The van der Waals surface area contributed by atoms with Gasteiger partial charge in [0, 0.05) is 29.2 Å². The number of aromatic amines is 1. The SMILES string of the molecule is N#Cc1cccc(CNC(=O)c2ccc3[nH]ccc3c2)c1. The topological polar surface area (TPSA) is 68.7 Å². The zero-order chi connectivity index (χ0) is 14.7. The normalized spacial score (nSPS) is 10.2. The molecule has 0 saturated carbocycles. The number of hydrogen-bond acceptors (Lipinski definition) is 2. The van der Waals surface area contributed by atoms with Gasteiger partial charge in [0.2, 0.25) is 0 Å². The summed E-state index contributed by atoms with van der Waals surface area (Å²) in [5.74, 6) is -0.125. The monoisotopic (exact) mass is 275 g/mol. The second-order valence-corrected chi connectivity index (χ2v) is 4.77. The van der Waals surface area contributed by atoms with E-state index in [0.717, 1.165) is 16.5 Å². The van der Waals surface area contributed by atoms with Crippen LogP contribution in [0, 0.1) is 11.3 Å². The van der Waals surface area contributed by atoms with Gasteiger partial charge < -0.3 is 10.3 Å². The number of rotatable bonds is 3. The Hall–Kier alpha value is -3.06. The van der Waals surface area contributed by atoms with Crippen molar-refractivity contribution >= 4 is 16.8 Å². The predicted molar refractivity (Wildman–Crippen MR) is 80.6 cm³/mol. The Morgan fingerprint density at radius 1 is 1.19 bits per heavy atom. The highest BCUT2D eigenvalue weighted by Gasteiger charge is 2.06. The van der Waals surface area contributed by atoms with Gasteiger partial charge in [-0.05, 0) is 42.0 Å². The van der Waals surface area contributed by atoms with Crippen molar-refractivity contribution in [2.24, 2.45) is 0 Å². The van der Waals surface area contributed by atoms with Crippen LogP contribution in [0.15, 0.2) is 54.7 Å². The summed E-state index contributed by atoms with van der Waals surface area (Å²) in [5.41, 5.74) is 3.13. The molecule has 4 heteroatoms. The molecule has 3 rings (SSSR count). The van der Waals surface area contributed by atoms with Crippen LogP contribution in [-0.4, -0.2) is 10.9 Å². The molecule has 0 saturated heterocycles. The van der Waals surface area contributed by atoms with Crippen molar-refractivity contribution in [2.75, 3.05) is 0 Å². The van der Waals surface area contributed by atoms with Gasteiger partial charge >= 0.3 is 0 Å². The number of amides is 1. The fourth-order valence-electron chi connectivity index (χ4n) is 2.23. The summed E-state index contributed by atoms with van der Waals surface area (Å²) in [4.78, 5) is 15.2. The first-order chi connectivity index (χ1) is 10.3. The van der Waals surface area contributed by atoms with E-state index in [9.17, 15) is 4.79 Å². The van der Waals surface area contributed by atoms with Gasteiger partial charge in [0.05, 0.1) is 11.6 Å². The molecule has 0 unspecified atom stereocenters. The predicted octanol–water partition coefficient (Wildman–Crippen LogP) is 2.97. The average molecular weight is 275 g/mol. The van der Waals surface area contributed by atoms with E-state index in [2.05, 4.69) is 16.4 Å². The summed E-state index contributed by atoms with van der Waals surface area (Å²) in [5, 5.41) is 12.7. The smallest absolute Gasteiger partial charge is 0.251 e. The number of nitriles is 1. The standard InChI is InChI=1S/C17H13N3O/c18-10-12-2-1-3-13(8-12)11-20-17(21)15-4-5-16-14(9-15)6-7-19-16/h1-9,19H,11H2,(H,20,21). The molecule has 2 aromatic carbocycles. The lowest BCUT2D eigenvalue weighted by Gasteiger charge is -2.06. The van der Waals surface area contributed by atoms with Crippen molar-refractivity contribution in [3.63, 3.8) is 0 Å². The number of nitrogens with one attached hydrogen (secondary N) is 2. The third kappa shape index (κ3) is 2.77. The van der Waals surface area contributed by atoms with Crippen molar-refractivity contribution in [2.45, 2.75) is 6.54 Å². The summed E-state index contributed by atoms with van der Waals surface area (Å²) in [6, 6.07) is 16.8. The van der Waals surface area contributed by atoms with Crippen LogP contribution in [0.2, 0.25) is 0 Å². The summed E-state index contributed by atoms with van der Waals surface area (Å²) in [6.45, 7) is 0.402. The fourth-order valence-corrected chi connectivity index (χ4v) is 2.23. The molecular formula is C17H13N3O. The first-order valence-electron chi connectivity index (χ1n) is 6.60. The van der Waals surface area contributed by atoms with Gasteiger partial charge in [0.15, 0.2) is 0 Å². The van der Waals surface area contributed by atoms with E-state index >= 15 is 0 Å². The fraction of sp³-hybridized carbons (Fsp3) is 0.0588. The zero-order valence-corrected chi connectivity index (χ0v) is 11.3. The number of benzene rings is 2. The average Bonchev–Trinajstić information content (AvgIpc) is 3.00. The van der Waals surface area contributed by atoms with E-state index in [4.69, 9.17) is 5.26 Å². The van der Waals surface area contributed by atoms with Crippen molar-refractivity contribution in [3.8, 4) is 6.07 Å². The van der Waals surface area contributed by atoms with Gasteiger partial charge in [-0.2, -0.15) is 5.26 Å². The van der Waals surface area contributed by atoms with Crippen LogP contribution >= 0.6 is 0 Å². The van der Waals surface area contributed by atoms with Gasteiger partial charge in [-0.25, -0.2) is 0 Å². The van der Waals surface area contributed by atoms with Crippen molar-refractivity contribution in [1.82, 2.24) is 10.3 Å². The quantitative estimate of drug-likeness (QED) is 0.771.